The van der Waals surface area contributed by atoms with Gasteiger partial charge in [-0.2, -0.15) is 0 Å². The quantitative estimate of drug-likeness (QED) is 0.912. The van der Waals surface area contributed by atoms with Gasteiger partial charge in [0.05, 0.1) is 0 Å². The summed E-state index contributed by atoms with van der Waals surface area (Å²) in [4.78, 5) is 0. The van der Waals surface area contributed by atoms with Gasteiger partial charge in [0.2, 0.25) is 0 Å². The molecule has 18 heavy (non-hydrogen) atoms. The first-order valence-corrected chi connectivity index (χ1v) is 6.95. The molecule has 1 heterocycles. The van der Waals surface area contributed by atoms with Crippen molar-refractivity contribution in [1.82, 2.24) is 15.5 Å². The number of hydrogen-bond donors (Lipinski definition) is 1. The lowest BCUT2D eigenvalue weighted by molar-refractivity contribution is 0.467. The number of ether oxygens (including phenoxy) is 1. The maximum atomic E-state index is 13.1. The van der Waals surface area contributed by atoms with Crippen LogP contribution in [0.2, 0.25) is 0 Å². The minimum absolute atomic E-state index is 0.364. The fourth-order valence-corrected chi connectivity index (χ4v) is 2.39. The van der Waals surface area contributed by atoms with E-state index in [9.17, 15) is 4.39 Å². The second-order valence-corrected chi connectivity index (χ2v) is 5.39. The lowest BCUT2D eigenvalue weighted by atomic mass is 10.3. The van der Waals surface area contributed by atoms with Gasteiger partial charge in [0, 0.05) is 17.1 Å². The molecule has 0 aliphatic heterocycles. The highest BCUT2D eigenvalue weighted by Crippen LogP contribution is 2.27. The summed E-state index contributed by atoms with van der Waals surface area (Å²) in [6, 6.07) is 4.34. The van der Waals surface area contributed by atoms with E-state index < -0.39 is 0 Å². The standard InChI is InChI=1S/C11H11BrFN3OS/c1-2-14-6-10-15-16-11(18-10)17-9-4-7(12)3-8(13)5-9/h3-5,14H,2,6H2,1H3. The van der Waals surface area contributed by atoms with Gasteiger partial charge in [-0.3, -0.25) is 0 Å². The summed E-state index contributed by atoms with van der Waals surface area (Å²) in [6.07, 6.45) is 0. The first-order valence-electron chi connectivity index (χ1n) is 5.34. The minimum atomic E-state index is -0.364. The summed E-state index contributed by atoms with van der Waals surface area (Å²) in [5.74, 6) is 0.0322. The van der Waals surface area contributed by atoms with E-state index in [1.165, 1.54) is 23.5 Å². The van der Waals surface area contributed by atoms with Crippen molar-refractivity contribution in [2.45, 2.75) is 13.5 Å². The Morgan fingerprint density at radius 1 is 1.39 bits per heavy atom. The van der Waals surface area contributed by atoms with Crippen molar-refractivity contribution >= 4 is 27.3 Å². The third-order valence-electron chi connectivity index (χ3n) is 2.02. The van der Waals surface area contributed by atoms with Crippen LogP contribution in [-0.4, -0.2) is 16.7 Å². The monoisotopic (exact) mass is 331 g/mol. The van der Waals surface area contributed by atoms with Crippen LogP contribution in [0.25, 0.3) is 0 Å². The molecule has 0 saturated carbocycles. The molecule has 96 valence electrons. The number of nitrogens with one attached hydrogen (secondary N) is 1. The number of aromatic nitrogens is 2. The molecule has 7 heteroatoms. The average molecular weight is 332 g/mol. The van der Waals surface area contributed by atoms with Crippen molar-refractivity contribution in [3.05, 3.63) is 33.5 Å². The van der Waals surface area contributed by atoms with Crippen LogP contribution < -0.4 is 10.1 Å². The molecule has 4 nitrogen and oxygen atoms in total. The molecule has 2 aromatic rings. The number of rotatable bonds is 5. The summed E-state index contributed by atoms with van der Waals surface area (Å²) in [5, 5.41) is 12.2. The molecule has 0 fully saturated rings. The zero-order valence-electron chi connectivity index (χ0n) is 9.61. The molecule has 0 saturated heterocycles. The Balaban J connectivity index is 2.06. The summed E-state index contributed by atoms with van der Waals surface area (Å²) >= 11 is 4.54. The Bertz CT molecular complexity index is 515. The zero-order chi connectivity index (χ0) is 13.0. The predicted molar refractivity (Wildman–Crippen MR) is 71.5 cm³/mol. The van der Waals surface area contributed by atoms with Gasteiger partial charge in [-0.25, -0.2) is 4.39 Å². The molecule has 0 aliphatic rings. The lowest BCUT2D eigenvalue weighted by Crippen LogP contribution is -2.11. The van der Waals surface area contributed by atoms with E-state index in [-0.39, 0.29) is 5.82 Å². The Hall–Kier alpha value is -1.05. The first-order chi connectivity index (χ1) is 8.67. The van der Waals surface area contributed by atoms with E-state index in [1.54, 1.807) is 6.07 Å². The molecule has 0 aliphatic carbocycles. The second-order valence-electron chi connectivity index (χ2n) is 3.45. The smallest absolute Gasteiger partial charge is 0.299 e. The molecule has 2 rings (SSSR count). The highest BCUT2D eigenvalue weighted by Gasteiger charge is 2.07. The van der Waals surface area contributed by atoms with E-state index in [0.29, 0.717) is 22.0 Å². The van der Waals surface area contributed by atoms with Crippen LogP contribution in [0.1, 0.15) is 11.9 Å². The van der Waals surface area contributed by atoms with Gasteiger partial charge in [0.25, 0.3) is 5.19 Å². The van der Waals surface area contributed by atoms with Crippen LogP contribution in [0.15, 0.2) is 22.7 Å². The maximum Gasteiger partial charge on any atom is 0.299 e. The highest BCUT2D eigenvalue weighted by atomic mass is 79.9. The van der Waals surface area contributed by atoms with Crippen molar-refractivity contribution in [3.8, 4) is 10.9 Å². The van der Waals surface area contributed by atoms with Crippen LogP contribution in [0.3, 0.4) is 0 Å². The number of halogens is 2. The molecular weight excluding hydrogens is 321 g/mol. The molecule has 0 radical (unpaired) electrons. The average Bonchev–Trinajstić information content (AvgIpc) is 2.72. The largest absolute Gasteiger partial charge is 0.430 e. The van der Waals surface area contributed by atoms with Gasteiger partial charge in [0.1, 0.15) is 16.6 Å². The van der Waals surface area contributed by atoms with Gasteiger partial charge in [0.15, 0.2) is 0 Å². The van der Waals surface area contributed by atoms with E-state index in [4.69, 9.17) is 4.74 Å². The summed E-state index contributed by atoms with van der Waals surface area (Å²) in [7, 11) is 0. The molecule has 1 aromatic heterocycles. The third kappa shape index (κ3) is 3.72. The fraction of sp³-hybridized carbons (Fsp3) is 0.273. The van der Waals surface area contributed by atoms with E-state index in [1.807, 2.05) is 6.92 Å². The van der Waals surface area contributed by atoms with Crippen molar-refractivity contribution < 1.29 is 9.13 Å². The molecule has 0 amide bonds. The van der Waals surface area contributed by atoms with Crippen LogP contribution in [0, 0.1) is 5.82 Å². The first kappa shape index (κ1) is 13.4. The van der Waals surface area contributed by atoms with Gasteiger partial charge in [-0.1, -0.05) is 39.3 Å². The summed E-state index contributed by atoms with van der Waals surface area (Å²) in [5.41, 5.74) is 0. The second kappa shape index (κ2) is 6.21. The molecule has 0 unspecified atom stereocenters. The predicted octanol–water partition coefficient (Wildman–Crippen LogP) is 3.34. The molecule has 1 aromatic carbocycles. The van der Waals surface area contributed by atoms with E-state index >= 15 is 0 Å². The molecule has 0 atom stereocenters. The van der Waals surface area contributed by atoms with Gasteiger partial charge >= 0.3 is 0 Å². The third-order valence-corrected chi connectivity index (χ3v) is 3.27. The maximum absolute atomic E-state index is 13.1. The van der Waals surface area contributed by atoms with E-state index in [0.717, 1.165) is 11.6 Å². The Labute approximate surface area is 116 Å². The Morgan fingerprint density at radius 2 is 2.22 bits per heavy atom. The topological polar surface area (TPSA) is 47.0 Å². The zero-order valence-corrected chi connectivity index (χ0v) is 12.0. The van der Waals surface area contributed by atoms with Crippen molar-refractivity contribution in [3.63, 3.8) is 0 Å². The minimum Gasteiger partial charge on any atom is -0.430 e. The summed E-state index contributed by atoms with van der Waals surface area (Å²) in [6.45, 7) is 3.54. The lowest BCUT2D eigenvalue weighted by Gasteiger charge is -2.01. The Kier molecular flexibility index (Phi) is 4.62. The highest BCUT2D eigenvalue weighted by molar-refractivity contribution is 9.10. The normalized spacial score (nSPS) is 10.6. The van der Waals surface area contributed by atoms with Crippen LogP contribution in [0.4, 0.5) is 4.39 Å². The number of hydrogen-bond acceptors (Lipinski definition) is 5. The molecule has 0 bridgehead atoms. The Morgan fingerprint density at radius 3 is 2.94 bits per heavy atom. The SMILES string of the molecule is CCNCc1nnc(Oc2cc(F)cc(Br)c2)s1. The number of benzene rings is 1. The van der Waals surface area contributed by atoms with Gasteiger partial charge in [-0.15, -0.1) is 5.10 Å². The number of nitrogens with zero attached hydrogens (tertiary/aromatic N) is 2. The molecular formula is C11H11BrFN3OS. The summed E-state index contributed by atoms with van der Waals surface area (Å²) < 4.78 is 19.2. The van der Waals surface area contributed by atoms with Crippen molar-refractivity contribution in [2.75, 3.05) is 6.54 Å². The van der Waals surface area contributed by atoms with E-state index in [2.05, 4.69) is 31.4 Å². The van der Waals surface area contributed by atoms with Crippen molar-refractivity contribution in [2.24, 2.45) is 0 Å². The molecule has 1 N–H and O–H groups in total. The van der Waals surface area contributed by atoms with Gasteiger partial charge < -0.3 is 10.1 Å². The van der Waals surface area contributed by atoms with Crippen molar-refractivity contribution in [1.29, 1.82) is 0 Å². The van der Waals surface area contributed by atoms with Crippen LogP contribution in [0.5, 0.6) is 10.9 Å². The molecule has 0 spiro atoms. The fourth-order valence-electron chi connectivity index (χ4n) is 1.27. The van der Waals surface area contributed by atoms with Crippen LogP contribution >= 0.6 is 27.3 Å². The van der Waals surface area contributed by atoms with Crippen LogP contribution in [-0.2, 0) is 6.54 Å². The van der Waals surface area contributed by atoms with Gasteiger partial charge in [-0.05, 0) is 18.7 Å².